The van der Waals surface area contributed by atoms with Gasteiger partial charge in [-0.05, 0) is 44.0 Å². The minimum atomic E-state index is -0.387. The topological polar surface area (TPSA) is 65.1 Å². The van der Waals surface area contributed by atoms with Crippen molar-refractivity contribution in [1.29, 1.82) is 0 Å². The van der Waals surface area contributed by atoms with Gasteiger partial charge in [0.05, 0.1) is 13.7 Å². The number of carbonyl (C=O) groups excluding carboxylic acids is 2. The van der Waals surface area contributed by atoms with E-state index < -0.39 is 0 Å². The molecular formula is C20H27NO5. The summed E-state index contributed by atoms with van der Waals surface area (Å²) in [5.74, 6) is 0.384. The maximum Gasteiger partial charge on any atom is 0.323 e. The smallest absolute Gasteiger partial charge is 0.323 e. The molecule has 0 amide bonds. The van der Waals surface area contributed by atoms with Gasteiger partial charge in [0, 0.05) is 13.5 Å². The highest BCUT2D eigenvalue weighted by molar-refractivity contribution is 5.76. The Balaban J connectivity index is 2.02. The number of carbonyl (C=O) groups is 2. The molecule has 1 heterocycles. The van der Waals surface area contributed by atoms with Gasteiger partial charge in [0.15, 0.2) is 11.5 Å². The summed E-state index contributed by atoms with van der Waals surface area (Å²) in [7, 11) is 1.54. The van der Waals surface area contributed by atoms with Crippen molar-refractivity contribution in [3.8, 4) is 11.5 Å². The number of methoxy groups -OCH3 is 1. The van der Waals surface area contributed by atoms with E-state index in [-0.39, 0.29) is 18.0 Å². The Labute approximate surface area is 154 Å². The van der Waals surface area contributed by atoms with Gasteiger partial charge in [-0.3, -0.25) is 14.5 Å². The maximum atomic E-state index is 12.1. The molecule has 0 bridgehead atoms. The Bertz CT molecular complexity index is 656. The van der Waals surface area contributed by atoms with Gasteiger partial charge in [0.1, 0.15) is 6.04 Å². The van der Waals surface area contributed by atoms with Crippen LogP contribution in [0.25, 0.3) is 6.08 Å². The Hall–Kier alpha value is -2.34. The van der Waals surface area contributed by atoms with Gasteiger partial charge in [-0.15, -0.1) is 0 Å². The summed E-state index contributed by atoms with van der Waals surface area (Å²) >= 11 is 0. The molecule has 0 spiro atoms. The van der Waals surface area contributed by atoms with E-state index in [1.165, 1.54) is 14.0 Å². The van der Waals surface area contributed by atoms with Crippen molar-refractivity contribution >= 4 is 18.0 Å². The summed E-state index contributed by atoms with van der Waals surface area (Å²) in [6.07, 6.45) is 6.99. The van der Waals surface area contributed by atoms with Crippen molar-refractivity contribution in [2.75, 3.05) is 26.8 Å². The van der Waals surface area contributed by atoms with E-state index in [4.69, 9.17) is 14.2 Å². The van der Waals surface area contributed by atoms with Crippen LogP contribution in [-0.4, -0.2) is 49.7 Å². The van der Waals surface area contributed by atoms with Crippen molar-refractivity contribution < 1.29 is 23.8 Å². The third-order valence-corrected chi connectivity index (χ3v) is 4.26. The van der Waals surface area contributed by atoms with E-state index in [0.717, 1.165) is 31.4 Å². The molecule has 1 aromatic rings. The van der Waals surface area contributed by atoms with Gasteiger partial charge in [0.25, 0.3) is 0 Å². The zero-order chi connectivity index (χ0) is 18.9. The number of ether oxygens (including phenoxy) is 3. The second kappa shape index (κ2) is 9.97. The van der Waals surface area contributed by atoms with Crippen molar-refractivity contribution in [1.82, 2.24) is 4.90 Å². The lowest BCUT2D eigenvalue weighted by atomic mass is 10.0. The fourth-order valence-electron chi connectivity index (χ4n) is 3.07. The van der Waals surface area contributed by atoms with E-state index in [1.807, 2.05) is 31.2 Å². The van der Waals surface area contributed by atoms with Crippen LogP contribution in [0.5, 0.6) is 11.5 Å². The molecule has 142 valence electrons. The predicted octanol–water partition coefficient (Wildman–Crippen LogP) is 3.05. The number of hydrogen-bond acceptors (Lipinski definition) is 6. The van der Waals surface area contributed by atoms with Crippen LogP contribution in [0.2, 0.25) is 0 Å². The lowest BCUT2D eigenvalue weighted by molar-refractivity contribution is -0.150. The quantitative estimate of drug-likeness (QED) is 0.549. The molecule has 0 saturated carbocycles. The lowest BCUT2D eigenvalue weighted by Crippen LogP contribution is -2.45. The summed E-state index contributed by atoms with van der Waals surface area (Å²) in [6.45, 7) is 5.16. The normalized spacial score (nSPS) is 17.9. The first kappa shape index (κ1) is 20.0. The molecule has 1 aliphatic heterocycles. The molecule has 1 aliphatic rings. The molecule has 6 nitrogen and oxygen atoms in total. The largest absolute Gasteiger partial charge is 0.493 e. The van der Waals surface area contributed by atoms with Crippen molar-refractivity contribution in [2.45, 2.75) is 39.2 Å². The molecular weight excluding hydrogens is 334 g/mol. The van der Waals surface area contributed by atoms with Crippen LogP contribution in [0, 0.1) is 0 Å². The first-order valence-electron chi connectivity index (χ1n) is 8.98. The van der Waals surface area contributed by atoms with E-state index >= 15 is 0 Å². The summed E-state index contributed by atoms with van der Waals surface area (Å²) in [6, 6.07) is 5.22. The zero-order valence-electron chi connectivity index (χ0n) is 15.7. The Kier molecular flexibility index (Phi) is 7.66. The zero-order valence-corrected chi connectivity index (χ0v) is 15.7. The number of rotatable bonds is 7. The highest BCUT2D eigenvalue weighted by Gasteiger charge is 2.28. The molecule has 1 fully saturated rings. The van der Waals surface area contributed by atoms with Crippen molar-refractivity contribution in [3.05, 3.63) is 29.8 Å². The Morgan fingerprint density at radius 1 is 1.27 bits per heavy atom. The fourth-order valence-corrected chi connectivity index (χ4v) is 3.07. The van der Waals surface area contributed by atoms with Gasteiger partial charge in [0.2, 0.25) is 0 Å². The van der Waals surface area contributed by atoms with Gasteiger partial charge < -0.3 is 14.2 Å². The van der Waals surface area contributed by atoms with Crippen LogP contribution in [0.1, 0.15) is 38.7 Å². The van der Waals surface area contributed by atoms with Gasteiger partial charge >= 0.3 is 11.9 Å². The lowest BCUT2D eigenvalue weighted by Gasteiger charge is -2.33. The van der Waals surface area contributed by atoms with Crippen LogP contribution < -0.4 is 9.47 Å². The molecule has 26 heavy (non-hydrogen) atoms. The summed E-state index contributed by atoms with van der Waals surface area (Å²) < 4.78 is 15.6. The Morgan fingerprint density at radius 2 is 2.08 bits per heavy atom. The van der Waals surface area contributed by atoms with Gasteiger partial charge in [-0.25, -0.2) is 0 Å². The number of likely N-dealkylation sites (tertiary alicyclic amines) is 1. The SMILES string of the molecule is CCOC(=O)C1CCCCN1CC=Cc1ccc(OC(C)=O)c(OC)c1. The van der Waals surface area contributed by atoms with Gasteiger partial charge in [-0.1, -0.05) is 24.6 Å². The number of hydrogen-bond donors (Lipinski definition) is 0. The van der Waals surface area contributed by atoms with Crippen LogP contribution >= 0.6 is 0 Å². The van der Waals surface area contributed by atoms with Crippen molar-refractivity contribution in [3.63, 3.8) is 0 Å². The van der Waals surface area contributed by atoms with E-state index in [9.17, 15) is 9.59 Å². The molecule has 6 heteroatoms. The standard InChI is InChI=1S/C20H27NO5/c1-4-25-20(23)17-9-5-6-12-21(17)13-7-8-16-10-11-18(26-15(2)22)19(14-16)24-3/h7-8,10-11,14,17H,4-6,9,12-13H2,1-3H3. The predicted molar refractivity (Wildman–Crippen MR) is 99.2 cm³/mol. The molecule has 2 rings (SSSR count). The van der Waals surface area contributed by atoms with Crippen LogP contribution in [-0.2, 0) is 14.3 Å². The van der Waals surface area contributed by atoms with E-state index in [1.54, 1.807) is 6.07 Å². The molecule has 1 atom stereocenters. The summed E-state index contributed by atoms with van der Waals surface area (Å²) in [5.41, 5.74) is 0.933. The van der Waals surface area contributed by atoms with E-state index in [2.05, 4.69) is 4.90 Å². The second-order valence-corrected chi connectivity index (χ2v) is 6.16. The molecule has 0 radical (unpaired) electrons. The van der Waals surface area contributed by atoms with Gasteiger partial charge in [-0.2, -0.15) is 0 Å². The minimum Gasteiger partial charge on any atom is -0.493 e. The molecule has 1 saturated heterocycles. The molecule has 1 aromatic carbocycles. The average molecular weight is 361 g/mol. The number of benzene rings is 1. The highest BCUT2D eigenvalue weighted by Crippen LogP contribution is 2.28. The van der Waals surface area contributed by atoms with Crippen molar-refractivity contribution in [2.24, 2.45) is 0 Å². The molecule has 1 unspecified atom stereocenters. The van der Waals surface area contributed by atoms with Crippen LogP contribution in [0.4, 0.5) is 0 Å². The number of piperidine rings is 1. The van der Waals surface area contributed by atoms with E-state index in [0.29, 0.717) is 24.7 Å². The second-order valence-electron chi connectivity index (χ2n) is 6.16. The maximum absolute atomic E-state index is 12.1. The Morgan fingerprint density at radius 3 is 2.77 bits per heavy atom. The minimum absolute atomic E-state index is 0.131. The molecule has 0 aromatic heterocycles. The first-order valence-corrected chi connectivity index (χ1v) is 8.98. The molecule has 0 N–H and O–H groups in total. The summed E-state index contributed by atoms with van der Waals surface area (Å²) in [5, 5.41) is 0. The van der Waals surface area contributed by atoms with Crippen LogP contribution in [0.15, 0.2) is 24.3 Å². The summed E-state index contributed by atoms with van der Waals surface area (Å²) in [4.78, 5) is 25.4. The first-order chi connectivity index (χ1) is 12.5. The highest BCUT2D eigenvalue weighted by atomic mass is 16.6. The molecule has 0 aliphatic carbocycles. The van der Waals surface area contributed by atoms with Crippen LogP contribution in [0.3, 0.4) is 0 Å². The number of esters is 2. The average Bonchev–Trinajstić information content (AvgIpc) is 2.63. The monoisotopic (exact) mass is 361 g/mol. The third kappa shape index (κ3) is 5.59. The fraction of sp³-hybridized carbons (Fsp3) is 0.500. The third-order valence-electron chi connectivity index (χ3n) is 4.26. The number of nitrogens with zero attached hydrogens (tertiary/aromatic N) is 1.